The molecule has 0 bridgehead atoms. The second-order valence-electron chi connectivity index (χ2n) is 5.00. The Morgan fingerprint density at radius 2 is 1.90 bits per heavy atom. The number of hydrogen-bond acceptors (Lipinski definition) is 2. The molecule has 21 heavy (non-hydrogen) atoms. The molecule has 3 N–H and O–H groups in total. The van der Waals surface area contributed by atoms with Crippen LogP contribution in [-0.2, 0) is 6.54 Å². The van der Waals surface area contributed by atoms with Gasteiger partial charge in [0, 0.05) is 25.3 Å². The number of urea groups is 1. The van der Waals surface area contributed by atoms with E-state index in [-0.39, 0.29) is 6.03 Å². The van der Waals surface area contributed by atoms with Gasteiger partial charge in [0.2, 0.25) is 0 Å². The van der Waals surface area contributed by atoms with Crippen LogP contribution < -0.4 is 11.1 Å². The van der Waals surface area contributed by atoms with Crippen LogP contribution in [-0.4, -0.2) is 24.0 Å². The number of hydrogen-bond donors (Lipinski definition) is 2. The summed E-state index contributed by atoms with van der Waals surface area (Å²) < 4.78 is 0. The van der Waals surface area contributed by atoms with Crippen molar-refractivity contribution in [1.82, 2.24) is 4.90 Å². The van der Waals surface area contributed by atoms with Crippen molar-refractivity contribution in [3.05, 3.63) is 65.7 Å². The minimum atomic E-state index is -0.130. The lowest BCUT2D eigenvalue weighted by molar-refractivity contribution is 0.210. The topological polar surface area (TPSA) is 58.4 Å². The van der Waals surface area contributed by atoms with Crippen LogP contribution in [0.15, 0.2) is 54.6 Å². The smallest absolute Gasteiger partial charge is 0.322 e. The third kappa shape index (κ3) is 4.61. The van der Waals surface area contributed by atoms with E-state index in [1.807, 2.05) is 61.5 Å². The average molecular weight is 283 g/mol. The fourth-order valence-electron chi connectivity index (χ4n) is 2.14. The number of benzene rings is 2. The Morgan fingerprint density at radius 1 is 1.14 bits per heavy atom. The second kappa shape index (κ2) is 7.45. The number of amides is 2. The van der Waals surface area contributed by atoms with Gasteiger partial charge in [-0.15, -0.1) is 0 Å². The van der Waals surface area contributed by atoms with Crippen molar-refractivity contribution in [2.45, 2.75) is 13.5 Å². The molecule has 4 nitrogen and oxygen atoms in total. The predicted molar refractivity (Wildman–Crippen MR) is 86.1 cm³/mol. The van der Waals surface area contributed by atoms with E-state index in [2.05, 4.69) is 5.32 Å². The summed E-state index contributed by atoms with van der Waals surface area (Å²) in [7, 11) is 0. The van der Waals surface area contributed by atoms with Gasteiger partial charge in [-0.3, -0.25) is 0 Å². The van der Waals surface area contributed by atoms with Gasteiger partial charge in [-0.05, 0) is 30.2 Å². The maximum atomic E-state index is 12.4. The Kier molecular flexibility index (Phi) is 5.35. The Bertz CT molecular complexity index is 584. The summed E-state index contributed by atoms with van der Waals surface area (Å²) in [4.78, 5) is 14.1. The minimum absolute atomic E-state index is 0.130. The largest absolute Gasteiger partial charge is 0.329 e. The molecule has 0 atom stereocenters. The van der Waals surface area contributed by atoms with E-state index < -0.39 is 0 Å². The lowest BCUT2D eigenvalue weighted by Crippen LogP contribution is -2.38. The van der Waals surface area contributed by atoms with Gasteiger partial charge >= 0.3 is 6.03 Å². The molecule has 2 rings (SSSR count). The van der Waals surface area contributed by atoms with Gasteiger partial charge in [0.05, 0.1) is 0 Å². The molecule has 0 aliphatic carbocycles. The fourth-order valence-corrected chi connectivity index (χ4v) is 2.14. The maximum absolute atomic E-state index is 12.4. The van der Waals surface area contributed by atoms with E-state index in [1.54, 1.807) is 4.90 Å². The van der Waals surface area contributed by atoms with E-state index in [0.717, 1.165) is 16.8 Å². The molecular formula is C17H21N3O. The van der Waals surface area contributed by atoms with Gasteiger partial charge in [0.15, 0.2) is 0 Å². The predicted octanol–water partition coefficient (Wildman–Crippen LogP) is 2.99. The van der Waals surface area contributed by atoms with Crippen LogP contribution in [0, 0.1) is 6.92 Å². The van der Waals surface area contributed by atoms with Gasteiger partial charge < -0.3 is 16.0 Å². The van der Waals surface area contributed by atoms with Crippen LogP contribution in [0.4, 0.5) is 10.5 Å². The highest BCUT2D eigenvalue weighted by atomic mass is 16.2. The van der Waals surface area contributed by atoms with Crippen LogP contribution in [0.5, 0.6) is 0 Å². The molecule has 4 heteroatoms. The molecule has 0 aliphatic rings. The molecule has 0 unspecified atom stereocenters. The van der Waals surface area contributed by atoms with Crippen LogP contribution in [0.25, 0.3) is 0 Å². The van der Waals surface area contributed by atoms with Gasteiger partial charge in [-0.25, -0.2) is 4.79 Å². The first kappa shape index (κ1) is 15.1. The van der Waals surface area contributed by atoms with E-state index in [4.69, 9.17) is 5.73 Å². The van der Waals surface area contributed by atoms with Crippen LogP contribution in [0.2, 0.25) is 0 Å². The minimum Gasteiger partial charge on any atom is -0.329 e. The monoisotopic (exact) mass is 283 g/mol. The summed E-state index contributed by atoms with van der Waals surface area (Å²) >= 11 is 0. The number of nitrogens with two attached hydrogens (primary N) is 1. The molecule has 0 aromatic heterocycles. The number of anilines is 1. The highest BCUT2D eigenvalue weighted by Gasteiger charge is 2.13. The molecule has 110 valence electrons. The average Bonchev–Trinajstić information content (AvgIpc) is 2.48. The number of rotatable bonds is 5. The Balaban J connectivity index is 2.05. The SMILES string of the molecule is Cc1cccc(NC(=O)N(CCN)Cc2ccccc2)c1. The molecule has 0 radical (unpaired) electrons. The molecule has 0 fully saturated rings. The molecular weight excluding hydrogens is 262 g/mol. The van der Waals surface area contributed by atoms with Crippen molar-refractivity contribution in [2.75, 3.05) is 18.4 Å². The van der Waals surface area contributed by atoms with E-state index in [9.17, 15) is 4.79 Å². The number of carbonyl (C=O) groups is 1. The number of nitrogens with one attached hydrogen (secondary N) is 1. The van der Waals surface area contributed by atoms with Crippen molar-refractivity contribution >= 4 is 11.7 Å². The standard InChI is InChI=1S/C17H21N3O/c1-14-6-5-9-16(12-14)19-17(21)20(11-10-18)13-15-7-3-2-4-8-15/h2-9,12H,10-11,13,18H2,1H3,(H,19,21). The first-order valence-corrected chi connectivity index (χ1v) is 7.05. The first-order chi connectivity index (χ1) is 10.2. The summed E-state index contributed by atoms with van der Waals surface area (Å²) in [5, 5.41) is 2.92. The Morgan fingerprint density at radius 3 is 2.57 bits per heavy atom. The summed E-state index contributed by atoms with van der Waals surface area (Å²) in [5.41, 5.74) is 8.62. The third-order valence-corrected chi connectivity index (χ3v) is 3.17. The molecule has 0 spiro atoms. The summed E-state index contributed by atoms with van der Waals surface area (Å²) in [6, 6.07) is 17.5. The zero-order valence-electron chi connectivity index (χ0n) is 12.3. The van der Waals surface area contributed by atoms with Crippen LogP contribution in [0.3, 0.4) is 0 Å². The summed E-state index contributed by atoms with van der Waals surface area (Å²) in [5.74, 6) is 0. The molecule has 0 aliphatic heterocycles. The molecule has 0 heterocycles. The van der Waals surface area contributed by atoms with Gasteiger partial charge in [0.1, 0.15) is 0 Å². The molecule has 0 saturated heterocycles. The maximum Gasteiger partial charge on any atom is 0.322 e. The van der Waals surface area contributed by atoms with Crippen LogP contribution >= 0.6 is 0 Å². The molecule has 2 aromatic rings. The molecule has 2 amide bonds. The second-order valence-corrected chi connectivity index (χ2v) is 5.00. The van der Waals surface area contributed by atoms with E-state index in [0.29, 0.717) is 19.6 Å². The number of nitrogens with zero attached hydrogens (tertiary/aromatic N) is 1. The zero-order chi connectivity index (χ0) is 15.1. The van der Waals surface area contributed by atoms with Gasteiger partial charge in [-0.2, -0.15) is 0 Å². The van der Waals surface area contributed by atoms with Crippen molar-refractivity contribution in [3.63, 3.8) is 0 Å². The van der Waals surface area contributed by atoms with E-state index >= 15 is 0 Å². The molecule has 0 saturated carbocycles. The third-order valence-electron chi connectivity index (χ3n) is 3.17. The molecule has 2 aromatic carbocycles. The normalized spacial score (nSPS) is 10.2. The Labute approximate surface area is 125 Å². The van der Waals surface area contributed by atoms with Crippen molar-refractivity contribution in [3.8, 4) is 0 Å². The zero-order valence-corrected chi connectivity index (χ0v) is 12.3. The van der Waals surface area contributed by atoms with Crippen molar-refractivity contribution < 1.29 is 4.79 Å². The van der Waals surface area contributed by atoms with Crippen molar-refractivity contribution in [1.29, 1.82) is 0 Å². The first-order valence-electron chi connectivity index (χ1n) is 7.05. The summed E-state index contributed by atoms with van der Waals surface area (Å²) in [6.07, 6.45) is 0. The Hall–Kier alpha value is -2.33. The van der Waals surface area contributed by atoms with Gasteiger partial charge in [0.25, 0.3) is 0 Å². The summed E-state index contributed by atoms with van der Waals surface area (Å²) in [6.45, 7) is 3.51. The quantitative estimate of drug-likeness (QED) is 0.886. The highest BCUT2D eigenvalue weighted by Crippen LogP contribution is 2.12. The van der Waals surface area contributed by atoms with Crippen molar-refractivity contribution in [2.24, 2.45) is 5.73 Å². The highest BCUT2D eigenvalue weighted by molar-refractivity contribution is 5.89. The fraction of sp³-hybridized carbons (Fsp3) is 0.235. The number of aryl methyl sites for hydroxylation is 1. The van der Waals surface area contributed by atoms with E-state index in [1.165, 1.54) is 0 Å². The lowest BCUT2D eigenvalue weighted by atomic mass is 10.2. The van der Waals surface area contributed by atoms with Gasteiger partial charge in [-0.1, -0.05) is 42.5 Å². The van der Waals surface area contributed by atoms with Crippen LogP contribution in [0.1, 0.15) is 11.1 Å². The lowest BCUT2D eigenvalue weighted by Gasteiger charge is -2.22. The number of carbonyl (C=O) groups excluding carboxylic acids is 1.